The third-order valence-electron chi connectivity index (χ3n) is 2.95. The van der Waals surface area contributed by atoms with E-state index in [1.54, 1.807) is 0 Å². The number of carbonyl (C=O) groups excluding carboxylic acids is 2. The zero-order valence-electron chi connectivity index (χ0n) is 11.9. The molecule has 0 radical (unpaired) electrons. The van der Waals surface area contributed by atoms with Gasteiger partial charge in [-0.15, -0.1) is 0 Å². The van der Waals surface area contributed by atoms with Crippen molar-refractivity contribution in [1.82, 2.24) is 0 Å². The van der Waals surface area contributed by atoms with Crippen LogP contribution >= 0.6 is 0 Å². The van der Waals surface area contributed by atoms with E-state index in [1.165, 1.54) is 13.0 Å². The molecule has 0 aliphatic heterocycles. The lowest BCUT2D eigenvalue weighted by Crippen LogP contribution is -2.37. The smallest absolute Gasteiger partial charge is 0.248 e. The molecule has 1 atom stereocenters. The lowest BCUT2D eigenvalue weighted by Gasteiger charge is -2.16. The number of anilines is 1. The highest BCUT2D eigenvalue weighted by molar-refractivity contribution is 5.98. The van der Waals surface area contributed by atoms with Crippen molar-refractivity contribution < 1.29 is 14.0 Å². The Morgan fingerprint density at radius 1 is 1.35 bits per heavy atom. The van der Waals surface area contributed by atoms with E-state index in [9.17, 15) is 14.0 Å². The molecule has 0 aliphatic carbocycles. The van der Waals surface area contributed by atoms with Gasteiger partial charge in [-0.1, -0.05) is 13.8 Å². The molecule has 0 heterocycles. The fraction of sp³-hybridized carbons (Fsp3) is 0.429. The Labute approximate surface area is 117 Å². The molecule has 5 nitrogen and oxygen atoms in total. The number of hydrogen-bond donors (Lipinski definition) is 3. The van der Waals surface area contributed by atoms with Crippen molar-refractivity contribution in [2.45, 2.75) is 33.2 Å². The van der Waals surface area contributed by atoms with Gasteiger partial charge in [-0.3, -0.25) is 9.59 Å². The van der Waals surface area contributed by atoms with Crippen LogP contribution in [0.2, 0.25) is 0 Å². The molecule has 0 fully saturated rings. The summed E-state index contributed by atoms with van der Waals surface area (Å²) < 4.78 is 13.7. The minimum absolute atomic E-state index is 0.000769. The second-order valence-electron chi connectivity index (χ2n) is 5.22. The van der Waals surface area contributed by atoms with Crippen molar-refractivity contribution in [3.8, 4) is 0 Å². The monoisotopic (exact) mass is 281 g/mol. The van der Waals surface area contributed by atoms with Gasteiger partial charge in [0.1, 0.15) is 5.82 Å². The van der Waals surface area contributed by atoms with Gasteiger partial charge < -0.3 is 16.8 Å². The van der Waals surface area contributed by atoms with Crippen LogP contribution < -0.4 is 16.8 Å². The first-order valence-electron chi connectivity index (χ1n) is 6.38. The normalized spacial score (nSPS) is 12.3. The molecule has 2 amide bonds. The third kappa shape index (κ3) is 4.03. The van der Waals surface area contributed by atoms with Crippen molar-refractivity contribution in [2.24, 2.45) is 17.4 Å². The minimum atomic E-state index is -0.758. The average molecular weight is 281 g/mol. The topological polar surface area (TPSA) is 98.2 Å². The fourth-order valence-corrected chi connectivity index (χ4v) is 1.79. The summed E-state index contributed by atoms with van der Waals surface area (Å²) in [6, 6.07) is 1.71. The summed E-state index contributed by atoms with van der Waals surface area (Å²) >= 11 is 0. The second kappa shape index (κ2) is 6.47. The molecule has 6 heteroatoms. The fourth-order valence-electron chi connectivity index (χ4n) is 1.79. The van der Waals surface area contributed by atoms with Gasteiger partial charge in [0, 0.05) is 16.8 Å². The standard InChI is InChI=1S/C14H20FN3O2/c1-7(2)4-11(16)14(20)18-12-6-9(13(17)19)5-10(15)8(12)3/h5-7,11H,4,16H2,1-3H3,(H2,17,19)(H,18,20)/t11-/m1/s1. The van der Waals surface area contributed by atoms with Crippen molar-refractivity contribution in [2.75, 3.05) is 5.32 Å². The SMILES string of the molecule is Cc1c(F)cc(C(N)=O)cc1NC(=O)[C@H](N)CC(C)C. The van der Waals surface area contributed by atoms with Crippen LogP contribution in [0.1, 0.15) is 36.2 Å². The highest BCUT2D eigenvalue weighted by atomic mass is 19.1. The summed E-state index contributed by atoms with van der Waals surface area (Å²) in [5.74, 6) is -1.51. The maximum Gasteiger partial charge on any atom is 0.248 e. The highest BCUT2D eigenvalue weighted by Crippen LogP contribution is 2.21. The van der Waals surface area contributed by atoms with Crippen molar-refractivity contribution in [1.29, 1.82) is 0 Å². The van der Waals surface area contributed by atoms with E-state index in [4.69, 9.17) is 11.5 Å². The first kappa shape index (κ1) is 16.1. The number of amides is 2. The summed E-state index contributed by atoms with van der Waals surface area (Å²) in [5, 5.41) is 2.54. The van der Waals surface area contributed by atoms with Gasteiger partial charge in [0.15, 0.2) is 0 Å². The Morgan fingerprint density at radius 2 is 1.95 bits per heavy atom. The molecule has 1 rings (SSSR count). The van der Waals surface area contributed by atoms with E-state index in [2.05, 4.69) is 5.32 Å². The summed E-state index contributed by atoms with van der Waals surface area (Å²) in [6.45, 7) is 5.40. The minimum Gasteiger partial charge on any atom is -0.366 e. The molecule has 0 bridgehead atoms. The number of benzene rings is 1. The largest absolute Gasteiger partial charge is 0.366 e. The average Bonchev–Trinajstić information content (AvgIpc) is 2.33. The molecule has 0 aliphatic rings. The van der Waals surface area contributed by atoms with Crippen molar-refractivity contribution in [3.05, 3.63) is 29.1 Å². The molecule has 0 aromatic heterocycles. The zero-order valence-corrected chi connectivity index (χ0v) is 11.9. The number of hydrogen-bond acceptors (Lipinski definition) is 3. The molecular weight excluding hydrogens is 261 g/mol. The quantitative estimate of drug-likeness (QED) is 0.763. The van der Waals surface area contributed by atoms with Gasteiger partial charge >= 0.3 is 0 Å². The van der Waals surface area contributed by atoms with Crippen molar-refractivity contribution in [3.63, 3.8) is 0 Å². The maximum absolute atomic E-state index is 13.7. The molecular formula is C14H20FN3O2. The predicted octanol–water partition coefficient (Wildman–Crippen LogP) is 1.54. The summed E-state index contributed by atoms with van der Waals surface area (Å²) in [7, 11) is 0. The van der Waals surface area contributed by atoms with Crippen LogP contribution in [0, 0.1) is 18.7 Å². The lowest BCUT2D eigenvalue weighted by molar-refractivity contribution is -0.117. The van der Waals surface area contributed by atoms with Crippen molar-refractivity contribution >= 4 is 17.5 Å². The molecule has 1 aromatic rings. The Kier molecular flexibility index (Phi) is 5.21. The number of nitrogens with two attached hydrogens (primary N) is 2. The molecule has 0 spiro atoms. The van der Waals surface area contributed by atoms with E-state index in [0.717, 1.165) is 6.07 Å². The van der Waals surface area contributed by atoms with Crippen LogP contribution in [0.25, 0.3) is 0 Å². The summed E-state index contributed by atoms with van der Waals surface area (Å²) in [4.78, 5) is 23.0. The van der Waals surface area contributed by atoms with Crippen LogP contribution in [-0.2, 0) is 4.79 Å². The zero-order chi connectivity index (χ0) is 15.4. The van der Waals surface area contributed by atoms with E-state index in [1.807, 2.05) is 13.8 Å². The Bertz CT molecular complexity index is 529. The third-order valence-corrected chi connectivity index (χ3v) is 2.95. The van der Waals surface area contributed by atoms with E-state index >= 15 is 0 Å². The van der Waals surface area contributed by atoms with Gasteiger partial charge in [-0.25, -0.2) is 4.39 Å². The van der Waals surface area contributed by atoms with Gasteiger partial charge in [0.25, 0.3) is 0 Å². The van der Waals surface area contributed by atoms with Gasteiger partial charge in [-0.2, -0.15) is 0 Å². The predicted molar refractivity (Wildman–Crippen MR) is 75.7 cm³/mol. The summed E-state index contributed by atoms with van der Waals surface area (Å²) in [6.07, 6.45) is 0.517. The molecule has 0 saturated carbocycles. The number of halogens is 1. The maximum atomic E-state index is 13.7. The number of nitrogens with one attached hydrogen (secondary N) is 1. The Morgan fingerprint density at radius 3 is 2.45 bits per heavy atom. The van der Waals surface area contributed by atoms with E-state index in [0.29, 0.717) is 6.42 Å². The molecule has 1 aromatic carbocycles. The van der Waals surface area contributed by atoms with Gasteiger partial charge in [-0.05, 0) is 31.4 Å². The van der Waals surface area contributed by atoms with E-state index in [-0.39, 0.29) is 22.7 Å². The molecule has 0 saturated heterocycles. The van der Waals surface area contributed by atoms with E-state index < -0.39 is 23.7 Å². The molecule has 5 N–H and O–H groups in total. The van der Waals surface area contributed by atoms with Crippen LogP contribution in [0.15, 0.2) is 12.1 Å². The second-order valence-corrected chi connectivity index (χ2v) is 5.22. The number of primary amides is 1. The lowest BCUT2D eigenvalue weighted by atomic mass is 10.0. The Hall–Kier alpha value is -1.95. The van der Waals surface area contributed by atoms with Crippen LogP contribution in [0.3, 0.4) is 0 Å². The van der Waals surface area contributed by atoms with Crippen LogP contribution in [0.4, 0.5) is 10.1 Å². The van der Waals surface area contributed by atoms with Gasteiger partial charge in [0.05, 0.1) is 6.04 Å². The van der Waals surface area contributed by atoms with Crippen LogP contribution in [-0.4, -0.2) is 17.9 Å². The molecule has 0 unspecified atom stereocenters. The number of rotatable bonds is 5. The van der Waals surface area contributed by atoms with Gasteiger partial charge in [0.2, 0.25) is 11.8 Å². The van der Waals surface area contributed by atoms with Crippen LogP contribution in [0.5, 0.6) is 0 Å². The first-order chi connectivity index (χ1) is 9.22. The molecule has 20 heavy (non-hydrogen) atoms. The highest BCUT2D eigenvalue weighted by Gasteiger charge is 2.18. The summed E-state index contributed by atoms with van der Waals surface area (Å²) in [5.41, 5.74) is 11.3. The molecule has 110 valence electrons. The first-order valence-corrected chi connectivity index (χ1v) is 6.38. The number of carbonyl (C=O) groups is 2. The Balaban J connectivity index is 2.97.